The van der Waals surface area contributed by atoms with E-state index in [1.54, 1.807) is 6.61 Å². The summed E-state index contributed by atoms with van der Waals surface area (Å²) in [6.07, 6.45) is 3.02. The maximum absolute atomic E-state index is 4.89. The maximum Gasteiger partial charge on any atom is 0.0505 e. The van der Waals surface area contributed by atoms with Gasteiger partial charge in [0.1, 0.15) is 0 Å². The minimum Gasteiger partial charge on any atom is -0.665 e. The predicted octanol–water partition coefficient (Wildman–Crippen LogP) is 1.47. The summed E-state index contributed by atoms with van der Waals surface area (Å²) in [5.41, 5.74) is 0. The average Bonchev–Trinajstić information content (AvgIpc) is 1.86. The van der Waals surface area contributed by atoms with Crippen LogP contribution in [0, 0.1) is 6.61 Å². The van der Waals surface area contributed by atoms with Crippen LogP contribution in [0.2, 0.25) is 0 Å². The van der Waals surface area contributed by atoms with Crippen LogP contribution < -0.4 is 0 Å². The fourth-order valence-corrected chi connectivity index (χ4v) is 0.442. The van der Waals surface area contributed by atoms with E-state index in [1.165, 1.54) is 0 Å². The van der Waals surface area contributed by atoms with Crippen LogP contribution in [0.1, 0.15) is 13.3 Å². The molecule has 0 saturated heterocycles. The second-order valence-electron chi connectivity index (χ2n) is 1.33. The summed E-state index contributed by atoms with van der Waals surface area (Å²) in [7, 11) is 0. The van der Waals surface area contributed by atoms with Gasteiger partial charge in [-0.15, -0.1) is 6.42 Å². The Balaban J connectivity index is 0.000000360. The van der Waals surface area contributed by atoms with Crippen molar-refractivity contribution in [3.8, 4) is 0 Å². The van der Waals surface area contributed by atoms with Crippen molar-refractivity contribution < 1.29 is 4.74 Å². The smallest absolute Gasteiger partial charge is 0.0505 e. The summed E-state index contributed by atoms with van der Waals surface area (Å²) in [4.78, 5) is 0. The zero-order valence-corrected chi connectivity index (χ0v) is 11.0. The molecule has 0 aliphatic carbocycles. The quantitative estimate of drug-likeness (QED) is 0.600. The van der Waals surface area contributed by atoms with E-state index in [2.05, 4.69) is 0 Å². The Morgan fingerprint density at radius 3 is 2.71 bits per heavy atom. The normalized spacial score (nSPS) is 17.0. The Labute approximate surface area is 37.6 Å². The van der Waals surface area contributed by atoms with E-state index in [0.717, 1.165) is 12.2 Å². The SMILES string of the molecule is CC1=CC[CH-]O1.[Bh]. The van der Waals surface area contributed by atoms with Gasteiger partial charge in [-0.25, -0.2) is 0 Å². The van der Waals surface area contributed by atoms with E-state index in [0.29, 0.717) is 0 Å². The van der Waals surface area contributed by atoms with E-state index >= 15 is 0 Å². The Bertz CT molecular complexity index is 78.1. The molecule has 0 aromatic rings. The molecule has 0 spiro atoms. The van der Waals surface area contributed by atoms with Gasteiger partial charge in [-0.2, -0.15) is 6.61 Å². The fraction of sp³-hybridized carbons (Fsp3) is 0.400. The summed E-state index contributed by atoms with van der Waals surface area (Å²) < 4.78 is 4.89. The molecule has 0 aromatic heterocycles. The molecular weight excluding hydrogens is 346 g/mol. The van der Waals surface area contributed by atoms with Gasteiger partial charge in [-0.1, -0.05) is 6.08 Å². The molecule has 0 aromatic carbocycles. The standard InChI is InChI=1S/C5H7O.Bh/c1-5-3-2-4-6-5;/h3-4H,2H2,1H3;/q-1;. The zero-order valence-electron chi connectivity index (χ0n) is 4.48. The van der Waals surface area contributed by atoms with E-state index in [-0.39, 0.29) is 0 Å². The van der Waals surface area contributed by atoms with Crippen molar-refractivity contribution in [1.29, 1.82) is 0 Å². The van der Waals surface area contributed by atoms with Crippen LogP contribution in [0.15, 0.2) is 11.8 Å². The van der Waals surface area contributed by atoms with Crippen LogP contribution in [0.4, 0.5) is 0 Å². The average molecular weight is 353 g/mol. The number of allylic oxidation sites excluding steroid dienone is 1. The van der Waals surface area contributed by atoms with E-state index in [1.807, 2.05) is 13.0 Å². The minimum atomic E-state index is 0. The van der Waals surface area contributed by atoms with Gasteiger partial charge in [0, 0.05) is 0 Å². The number of rotatable bonds is 0. The molecule has 1 aliphatic rings. The first-order valence-electron chi connectivity index (χ1n) is 2.04. The zero-order chi connectivity index (χ0) is 4.41. The molecule has 0 N–H and O–H groups in total. The topological polar surface area (TPSA) is 9.23 Å². The van der Waals surface area contributed by atoms with Crippen LogP contribution in [-0.2, 0) is 4.74 Å². The van der Waals surface area contributed by atoms with Gasteiger partial charge in [-0.05, 0) is 6.92 Å². The molecule has 0 radical (unpaired) electrons. The van der Waals surface area contributed by atoms with Crippen LogP contribution >= 0.6 is 0 Å². The molecule has 0 unspecified atom stereocenters. The summed E-state index contributed by atoms with van der Waals surface area (Å²) >= 11 is 0. The van der Waals surface area contributed by atoms with Crippen molar-refractivity contribution in [2.45, 2.75) is 13.3 Å². The van der Waals surface area contributed by atoms with Gasteiger partial charge in [0.05, 0.1) is 5.76 Å². The van der Waals surface area contributed by atoms with E-state index in [4.69, 9.17) is 4.74 Å². The Hall–Kier alpha value is -1.46. The molecule has 0 bridgehead atoms. The Morgan fingerprint density at radius 1 is 1.86 bits per heavy atom. The van der Waals surface area contributed by atoms with Crippen LogP contribution in [0.5, 0.6) is 0 Å². The first-order valence-corrected chi connectivity index (χ1v) is 2.04. The largest absolute Gasteiger partial charge is 0.665 e. The third-order valence-corrected chi connectivity index (χ3v) is 0.771. The summed E-state index contributed by atoms with van der Waals surface area (Å²) in [6, 6.07) is 0. The second-order valence-corrected chi connectivity index (χ2v) is 1.33. The fourth-order valence-electron chi connectivity index (χ4n) is 0.442. The van der Waals surface area contributed by atoms with Crippen molar-refractivity contribution >= 4 is 0 Å². The number of hydrogen-bond donors (Lipinski definition) is 0. The molecular formula is C5H7BhO-. The van der Waals surface area contributed by atoms with Crippen molar-refractivity contribution in [1.82, 2.24) is 0 Å². The molecule has 2 heteroatoms. The van der Waals surface area contributed by atoms with Gasteiger partial charge >= 0.3 is 0 Å². The van der Waals surface area contributed by atoms with Gasteiger partial charge in [0.2, 0.25) is 0 Å². The molecule has 1 aliphatic heterocycles. The van der Waals surface area contributed by atoms with Crippen LogP contribution in [0.25, 0.3) is 0 Å². The van der Waals surface area contributed by atoms with Crippen molar-refractivity contribution in [3.63, 3.8) is 0 Å². The van der Waals surface area contributed by atoms with Crippen LogP contribution in [-0.4, -0.2) is 0 Å². The Morgan fingerprint density at radius 2 is 2.57 bits per heavy atom. The summed E-state index contributed by atoms with van der Waals surface area (Å²) in [5, 5.41) is 0. The molecule has 1 nitrogen and oxygen atoms in total. The number of ether oxygens (including phenoxy) is 1. The molecule has 0 fully saturated rings. The van der Waals surface area contributed by atoms with Crippen LogP contribution in [0.3, 0.4) is 0 Å². The van der Waals surface area contributed by atoms with Crippen molar-refractivity contribution in [2.75, 3.05) is 0 Å². The molecule has 36 valence electrons. The molecule has 7 heavy (non-hydrogen) atoms. The summed E-state index contributed by atoms with van der Waals surface area (Å²) in [6.45, 7) is 3.73. The van der Waals surface area contributed by atoms with Crippen molar-refractivity contribution in [2.24, 2.45) is 0 Å². The third kappa shape index (κ3) is 0.954. The summed E-state index contributed by atoms with van der Waals surface area (Å²) in [5.74, 6) is 1.02. The van der Waals surface area contributed by atoms with Gasteiger partial charge < -0.3 is 4.74 Å². The molecule has 0 amide bonds. The monoisotopic (exact) mass is 353 g/mol. The first-order chi connectivity index (χ1) is 2.89. The first kappa shape index (κ1) is 5.54. The maximum atomic E-state index is 4.89. The van der Waals surface area contributed by atoms with Gasteiger partial charge in [-0.3, -0.25) is 0 Å². The molecule has 0 atom stereocenters. The predicted molar refractivity (Wildman–Crippen MR) is 23.8 cm³/mol. The minimum absolute atomic E-state index is 0. The van der Waals surface area contributed by atoms with E-state index < -0.39 is 0 Å². The second kappa shape index (κ2) is 1.85. The van der Waals surface area contributed by atoms with E-state index in [9.17, 15) is 0 Å². The Kier molecular flexibility index (Phi) is 1.47. The van der Waals surface area contributed by atoms with Crippen molar-refractivity contribution in [3.05, 3.63) is 18.4 Å². The van der Waals surface area contributed by atoms with Gasteiger partial charge in [0.15, 0.2) is 0 Å². The van der Waals surface area contributed by atoms with Gasteiger partial charge in [0.25, 0.3) is 0 Å². The molecule has 0 saturated carbocycles. The third-order valence-electron chi connectivity index (χ3n) is 0.771. The number of hydrogen-bond acceptors (Lipinski definition) is 1. The molecule has 1 rings (SSSR count). The molecule has 1 heterocycles.